The van der Waals surface area contributed by atoms with Crippen LogP contribution >= 0.6 is 0 Å². The number of nitrogens with one attached hydrogen (secondary N) is 1. The van der Waals surface area contributed by atoms with Gasteiger partial charge in [-0.25, -0.2) is 4.79 Å². The van der Waals surface area contributed by atoms with Crippen LogP contribution < -0.4 is 10.2 Å². The van der Waals surface area contributed by atoms with Crippen molar-refractivity contribution < 1.29 is 28.8 Å². The van der Waals surface area contributed by atoms with Crippen molar-refractivity contribution in [1.82, 2.24) is 0 Å². The third-order valence-electron chi connectivity index (χ3n) is 8.63. The van der Waals surface area contributed by atoms with Crippen LogP contribution in [0.25, 0.3) is 0 Å². The van der Waals surface area contributed by atoms with Crippen LogP contribution in [0.5, 0.6) is 0 Å². The molecule has 3 aliphatic rings. The van der Waals surface area contributed by atoms with Gasteiger partial charge in [0.25, 0.3) is 11.6 Å². The number of esters is 1. The van der Waals surface area contributed by atoms with Gasteiger partial charge in [-0.3, -0.25) is 29.4 Å². The molecule has 3 amide bonds. The van der Waals surface area contributed by atoms with Crippen LogP contribution in [-0.2, 0) is 19.1 Å². The summed E-state index contributed by atoms with van der Waals surface area (Å²) in [6, 6.07) is 20.4. The van der Waals surface area contributed by atoms with E-state index in [1.54, 1.807) is 6.92 Å². The quantitative estimate of drug-likeness (QED) is 0.195. The number of hydrogen-bond acceptors (Lipinski definition) is 7. The molecule has 1 heterocycles. The Bertz CT molecular complexity index is 1570. The Balaban J connectivity index is 1.08. The molecule has 1 N–H and O–H groups in total. The summed E-state index contributed by atoms with van der Waals surface area (Å²) in [6.45, 7) is 0.989. The van der Waals surface area contributed by atoms with E-state index < -0.39 is 23.4 Å². The smallest absolute Gasteiger partial charge is 0.338 e. The first-order chi connectivity index (χ1) is 19.7. The van der Waals surface area contributed by atoms with Crippen LogP contribution in [0.15, 0.2) is 72.8 Å². The number of amides is 3. The second-order valence-electron chi connectivity index (χ2n) is 10.9. The SMILES string of the molecule is Cc1ccc(NC(=O)COC(=O)c2ccc(N3C(=O)[C@@H]4[C@@H]5C[C@@H]([C@H]4C3=O)[C@H](c3ccccc3)C5)cc2)cc1[N+](=O)[O-]. The number of imide groups is 1. The summed E-state index contributed by atoms with van der Waals surface area (Å²) < 4.78 is 5.09. The van der Waals surface area contributed by atoms with Crippen molar-refractivity contribution in [2.45, 2.75) is 25.7 Å². The van der Waals surface area contributed by atoms with Crippen molar-refractivity contribution in [3.05, 3.63) is 99.6 Å². The van der Waals surface area contributed by atoms with E-state index in [1.807, 2.05) is 18.2 Å². The lowest BCUT2D eigenvalue weighted by molar-refractivity contribution is -0.385. The predicted octanol–water partition coefficient (Wildman–Crippen LogP) is 4.63. The number of carbonyl (C=O) groups is 4. The number of anilines is 2. The lowest BCUT2D eigenvalue weighted by Crippen LogP contribution is -2.33. The summed E-state index contributed by atoms with van der Waals surface area (Å²) in [4.78, 5) is 63.5. The summed E-state index contributed by atoms with van der Waals surface area (Å²) in [5.41, 5.74) is 2.29. The molecule has 1 aliphatic heterocycles. The second-order valence-corrected chi connectivity index (χ2v) is 10.9. The topological polar surface area (TPSA) is 136 Å². The summed E-state index contributed by atoms with van der Waals surface area (Å²) in [5.74, 6) is -1.82. The van der Waals surface area contributed by atoms with E-state index in [4.69, 9.17) is 4.74 Å². The van der Waals surface area contributed by atoms with Crippen molar-refractivity contribution in [2.24, 2.45) is 23.7 Å². The van der Waals surface area contributed by atoms with Crippen molar-refractivity contribution >= 4 is 40.8 Å². The van der Waals surface area contributed by atoms with E-state index in [0.29, 0.717) is 11.3 Å². The first-order valence-electron chi connectivity index (χ1n) is 13.5. The Morgan fingerprint density at radius 1 is 0.976 bits per heavy atom. The fourth-order valence-electron chi connectivity index (χ4n) is 6.84. The van der Waals surface area contributed by atoms with Gasteiger partial charge in [-0.05, 0) is 73.4 Å². The average molecular weight is 554 g/mol. The fourth-order valence-corrected chi connectivity index (χ4v) is 6.84. The number of rotatable bonds is 7. The van der Waals surface area contributed by atoms with Crippen molar-refractivity contribution in [3.8, 4) is 0 Å². The van der Waals surface area contributed by atoms with Gasteiger partial charge < -0.3 is 10.1 Å². The largest absolute Gasteiger partial charge is 0.452 e. The van der Waals surface area contributed by atoms with Gasteiger partial charge in [-0.15, -0.1) is 0 Å². The van der Waals surface area contributed by atoms with Gasteiger partial charge in [0.05, 0.1) is 28.0 Å². The molecular weight excluding hydrogens is 526 g/mol. The molecule has 5 atom stereocenters. The predicted molar refractivity (Wildman–Crippen MR) is 148 cm³/mol. The molecule has 0 spiro atoms. The molecule has 10 nitrogen and oxygen atoms in total. The van der Waals surface area contributed by atoms with Gasteiger partial charge in [0, 0.05) is 17.3 Å². The number of nitro benzene ring substituents is 1. The zero-order chi connectivity index (χ0) is 28.8. The van der Waals surface area contributed by atoms with Gasteiger partial charge in [0.1, 0.15) is 0 Å². The highest BCUT2D eigenvalue weighted by Gasteiger charge is 2.64. The third-order valence-corrected chi connectivity index (χ3v) is 8.63. The Kier molecular flexibility index (Phi) is 6.61. The van der Waals surface area contributed by atoms with E-state index in [2.05, 4.69) is 17.4 Å². The molecule has 3 aromatic carbocycles. The molecule has 0 aromatic heterocycles. The van der Waals surface area contributed by atoms with Gasteiger partial charge in [0.15, 0.2) is 6.61 Å². The molecule has 10 heteroatoms. The molecule has 1 saturated heterocycles. The Morgan fingerprint density at radius 3 is 2.39 bits per heavy atom. The summed E-state index contributed by atoms with van der Waals surface area (Å²) in [5, 5.41) is 13.6. The highest BCUT2D eigenvalue weighted by Crippen LogP contribution is 2.61. The number of fused-ring (bicyclic) bond motifs is 5. The van der Waals surface area contributed by atoms with Gasteiger partial charge in [-0.2, -0.15) is 0 Å². The highest BCUT2D eigenvalue weighted by atomic mass is 16.6. The highest BCUT2D eigenvalue weighted by molar-refractivity contribution is 6.22. The molecule has 3 aromatic rings. The van der Waals surface area contributed by atoms with Crippen molar-refractivity contribution in [1.29, 1.82) is 0 Å². The van der Waals surface area contributed by atoms with Crippen LogP contribution in [0, 0.1) is 40.7 Å². The number of hydrogen-bond donors (Lipinski definition) is 1. The first kappa shape index (κ1) is 26.4. The number of benzene rings is 3. The van der Waals surface area contributed by atoms with Crippen LogP contribution in [0.1, 0.15) is 40.2 Å². The van der Waals surface area contributed by atoms with Crippen molar-refractivity contribution in [2.75, 3.05) is 16.8 Å². The Hall–Kier alpha value is -4.86. The molecule has 0 radical (unpaired) electrons. The minimum Gasteiger partial charge on any atom is -0.452 e. The molecule has 0 unspecified atom stereocenters. The third kappa shape index (κ3) is 4.65. The lowest BCUT2D eigenvalue weighted by Gasteiger charge is -2.28. The molecule has 208 valence electrons. The number of ether oxygens (including phenoxy) is 1. The maximum atomic E-state index is 13.5. The number of nitro groups is 1. The van der Waals surface area contributed by atoms with E-state index in [-0.39, 0.29) is 58.3 Å². The number of nitrogens with zero attached hydrogens (tertiary/aromatic N) is 2. The summed E-state index contributed by atoms with van der Waals surface area (Å²) in [7, 11) is 0. The minimum absolute atomic E-state index is 0.137. The van der Waals surface area contributed by atoms with E-state index in [0.717, 1.165) is 12.8 Å². The fraction of sp³-hybridized carbons (Fsp3) is 0.290. The standard InChI is InChI=1S/C31H27N3O7/c1-17-7-10-21(15-25(17)34(39)40)32-26(35)16-41-31(38)19-8-11-22(12-9-19)33-29(36)27-20-13-23(18-5-3-2-4-6-18)24(14-20)28(27)30(33)37/h2-12,15,20,23-24,27-28H,13-14,16H2,1H3,(H,32,35)/t20-,23-,24+,27+,28+/m0/s1. The van der Waals surface area contributed by atoms with Crippen LogP contribution in [-0.4, -0.2) is 35.2 Å². The maximum Gasteiger partial charge on any atom is 0.338 e. The van der Waals surface area contributed by atoms with E-state index >= 15 is 0 Å². The minimum atomic E-state index is -0.763. The second kappa shape index (κ2) is 10.3. The van der Waals surface area contributed by atoms with Crippen LogP contribution in [0.4, 0.5) is 17.1 Å². The molecule has 2 aliphatic carbocycles. The van der Waals surface area contributed by atoms with Gasteiger partial charge in [-0.1, -0.05) is 36.4 Å². The van der Waals surface area contributed by atoms with Crippen LogP contribution in [0.3, 0.4) is 0 Å². The summed E-state index contributed by atoms with van der Waals surface area (Å²) in [6.07, 6.45) is 1.79. The monoisotopic (exact) mass is 553 g/mol. The molecule has 2 saturated carbocycles. The first-order valence-corrected chi connectivity index (χ1v) is 13.5. The molecule has 6 rings (SSSR count). The Labute approximate surface area is 235 Å². The van der Waals surface area contributed by atoms with E-state index in [1.165, 1.54) is 52.9 Å². The maximum absolute atomic E-state index is 13.5. The van der Waals surface area contributed by atoms with Gasteiger partial charge >= 0.3 is 5.97 Å². The number of aryl methyl sites for hydroxylation is 1. The number of carbonyl (C=O) groups excluding carboxylic acids is 4. The zero-order valence-corrected chi connectivity index (χ0v) is 22.2. The van der Waals surface area contributed by atoms with Crippen molar-refractivity contribution in [3.63, 3.8) is 0 Å². The molecular formula is C31H27N3O7. The molecule has 2 bridgehead atoms. The Morgan fingerprint density at radius 2 is 1.68 bits per heavy atom. The zero-order valence-electron chi connectivity index (χ0n) is 22.2. The summed E-state index contributed by atoms with van der Waals surface area (Å²) >= 11 is 0. The van der Waals surface area contributed by atoms with Crippen LogP contribution in [0.2, 0.25) is 0 Å². The normalized spacial score (nSPS) is 24.3. The van der Waals surface area contributed by atoms with E-state index in [9.17, 15) is 29.3 Å². The molecule has 41 heavy (non-hydrogen) atoms. The van der Waals surface area contributed by atoms with Gasteiger partial charge in [0.2, 0.25) is 11.8 Å². The average Bonchev–Trinajstić information content (AvgIpc) is 3.64. The molecule has 3 fully saturated rings. The lowest BCUT2D eigenvalue weighted by atomic mass is 9.73.